The summed E-state index contributed by atoms with van der Waals surface area (Å²) in [4.78, 5) is 4.52. The summed E-state index contributed by atoms with van der Waals surface area (Å²) >= 11 is 4.73. The third-order valence-corrected chi connectivity index (χ3v) is 5.52. The molecule has 7 heteroatoms. The Morgan fingerprint density at radius 3 is 2.74 bits per heavy atom. The minimum Gasteiger partial charge on any atom is -0.245 e. The number of sulfonamides is 1. The Labute approximate surface area is 125 Å². The van der Waals surface area contributed by atoms with Crippen molar-refractivity contribution < 1.29 is 8.42 Å². The molecule has 0 saturated carbocycles. The lowest BCUT2D eigenvalue weighted by molar-refractivity contribution is 0.580. The Hall–Kier alpha value is -0.760. The van der Waals surface area contributed by atoms with E-state index in [-0.39, 0.29) is 11.4 Å². The lowest BCUT2D eigenvalue weighted by Crippen LogP contribution is -2.24. The predicted octanol–water partition coefficient (Wildman–Crippen LogP) is 3.00. The van der Waals surface area contributed by atoms with Gasteiger partial charge in [-0.2, -0.15) is 0 Å². The molecule has 0 unspecified atom stereocenters. The maximum Gasteiger partial charge on any atom is 0.241 e. The van der Waals surface area contributed by atoms with E-state index in [1.54, 1.807) is 19.1 Å². The summed E-state index contributed by atoms with van der Waals surface area (Å²) < 4.78 is 27.8. The van der Waals surface area contributed by atoms with Crippen LogP contribution in [-0.2, 0) is 16.6 Å². The molecular formula is C12H13BrN2O2S2. The van der Waals surface area contributed by atoms with Crippen LogP contribution in [0.1, 0.15) is 16.3 Å². The molecule has 1 aromatic carbocycles. The van der Waals surface area contributed by atoms with Crippen LogP contribution >= 0.6 is 27.3 Å². The van der Waals surface area contributed by atoms with Crippen molar-refractivity contribution in [2.75, 3.05) is 0 Å². The summed E-state index contributed by atoms with van der Waals surface area (Å²) in [7, 11) is -3.52. The lowest BCUT2D eigenvalue weighted by Gasteiger charge is -2.08. The normalized spacial score (nSPS) is 11.7. The van der Waals surface area contributed by atoms with Crippen molar-refractivity contribution >= 4 is 37.3 Å². The summed E-state index contributed by atoms with van der Waals surface area (Å²) in [5.41, 5.74) is 1.61. The van der Waals surface area contributed by atoms with E-state index in [1.807, 2.05) is 18.4 Å². The molecule has 0 atom stereocenters. The van der Waals surface area contributed by atoms with Crippen LogP contribution in [0.15, 0.2) is 32.9 Å². The fraction of sp³-hybridized carbons (Fsp3) is 0.250. The first kappa shape index (κ1) is 14.6. The zero-order valence-corrected chi connectivity index (χ0v) is 13.7. The summed E-state index contributed by atoms with van der Waals surface area (Å²) in [6.07, 6.45) is 0. The summed E-state index contributed by atoms with van der Waals surface area (Å²) in [5.74, 6) is 0. The smallest absolute Gasteiger partial charge is 0.241 e. The highest BCUT2D eigenvalue weighted by Crippen LogP contribution is 2.20. The number of aryl methyl sites for hydroxylation is 2. The Balaban J connectivity index is 2.20. The molecule has 0 fully saturated rings. The second-order valence-corrected chi connectivity index (χ2v) is 7.71. The number of nitrogens with one attached hydrogen (secondary N) is 1. The largest absolute Gasteiger partial charge is 0.245 e. The van der Waals surface area contributed by atoms with Crippen LogP contribution in [0.5, 0.6) is 0 Å². The van der Waals surface area contributed by atoms with Crippen LogP contribution in [0.4, 0.5) is 0 Å². The van der Waals surface area contributed by atoms with E-state index in [4.69, 9.17) is 0 Å². The van der Waals surface area contributed by atoms with Gasteiger partial charge >= 0.3 is 0 Å². The van der Waals surface area contributed by atoms with Crippen LogP contribution in [0, 0.1) is 13.8 Å². The molecule has 0 aliphatic heterocycles. The van der Waals surface area contributed by atoms with Crippen LogP contribution in [-0.4, -0.2) is 13.4 Å². The number of hydrogen-bond acceptors (Lipinski definition) is 4. The fourth-order valence-electron chi connectivity index (χ4n) is 1.58. The number of rotatable bonds is 4. The van der Waals surface area contributed by atoms with Gasteiger partial charge in [0.1, 0.15) is 5.01 Å². The third-order valence-electron chi connectivity index (χ3n) is 2.52. The zero-order chi connectivity index (χ0) is 14.0. The van der Waals surface area contributed by atoms with Crippen molar-refractivity contribution in [3.63, 3.8) is 0 Å². The molecule has 19 heavy (non-hydrogen) atoms. The highest BCUT2D eigenvalue weighted by molar-refractivity contribution is 9.10. The lowest BCUT2D eigenvalue weighted by atomic mass is 10.2. The molecule has 0 aliphatic rings. The number of hydrogen-bond donors (Lipinski definition) is 1. The molecule has 0 radical (unpaired) electrons. The predicted molar refractivity (Wildman–Crippen MR) is 79.8 cm³/mol. The van der Waals surface area contributed by atoms with Gasteiger partial charge in [-0.05, 0) is 31.5 Å². The van der Waals surface area contributed by atoms with E-state index in [1.165, 1.54) is 11.3 Å². The van der Waals surface area contributed by atoms with E-state index in [2.05, 4.69) is 25.6 Å². The minimum atomic E-state index is -3.52. The monoisotopic (exact) mass is 360 g/mol. The zero-order valence-electron chi connectivity index (χ0n) is 10.5. The van der Waals surface area contributed by atoms with Gasteiger partial charge in [-0.15, -0.1) is 11.3 Å². The SMILES string of the molecule is Cc1csc(CNS(=O)(=O)c2cc(Br)ccc2C)n1. The molecule has 0 amide bonds. The average molecular weight is 361 g/mol. The van der Waals surface area contributed by atoms with Crippen molar-refractivity contribution in [1.82, 2.24) is 9.71 Å². The van der Waals surface area contributed by atoms with Crippen molar-refractivity contribution in [2.45, 2.75) is 25.3 Å². The number of halogens is 1. The third kappa shape index (κ3) is 3.62. The van der Waals surface area contributed by atoms with Gasteiger partial charge in [0.2, 0.25) is 10.0 Å². The molecule has 1 heterocycles. The molecule has 2 rings (SSSR count). The van der Waals surface area contributed by atoms with Crippen LogP contribution in [0.3, 0.4) is 0 Å². The van der Waals surface area contributed by atoms with Crippen molar-refractivity contribution in [3.05, 3.63) is 44.3 Å². The van der Waals surface area contributed by atoms with Crippen LogP contribution in [0.2, 0.25) is 0 Å². The molecule has 2 aromatic rings. The molecule has 0 spiro atoms. The quantitative estimate of drug-likeness (QED) is 0.911. The molecular weight excluding hydrogens is 348 g/mol. The van der Waals surface area contributed by atoms with Gasteiger partial charge in [0.25, 0.3) is 0 Å². The van der Waals surface area contributed by atoms with E-state index in [0.29, 0.717) is 5.56 Å². The number of benzene rings is 1. The number of thiazole rings is 1. The molecule has 1 aromatic heterocycles. The van der Waals surface area contributed by atoms with Gasteiger partial charge in [0.05, 0.1) is 11.4 Å². The van der Waals surface area contributed by atoms with Gasteiger partial charge in [-0.25, -0.2) is 18.1 Å². The van der Waals surface area contributed by atoms with Crippen molar-refractivity contribution in [2.24, 2.45) is 0 Å². The van der Waals surface area contributed by atoms with E-state index in [0.717, 1.165) is 15.2 Å². The molecule has 4 nitrogen and oxygen atoms in total. The molecule has 102 valence electrons. The van der Waals surface area contributed by atoms with Crippen LogP contribution < -0.4 is 4.72 Å². The number of nitrogens with zero attached hydrogens (tertiary/aromatic N) is 1. The highest BCUT2D eigenvalue weighted by atomic mass is 79.9. The number of aromatic nitrogens is 1. The molecule has 0 bridgehead atoms. The minimum absolute atomic E-state index is 0.215. The maximum absolute atomic E-state index is 12.2. The van der Waals surface area contributed by atoms with Gasteiger partial charge in [-0.1, -0.05) is 22.0 Å². The summed E-state index contributed by atoms with van der Waals surface area (Å²) in [5, 5.41) is 2.65. The topological polar surface area (TPSA) is 59.1 Å². The Morgan fingerprint density at radius 2 is 2.11 bits per heavy atom. The van der Waals surface area contributed by atoms with Crippen molar-refractivity contribution in [1.29, 1.82) is 0 Å². The maximum atomic E-state index is 12.2. The fourth-order valence-corrected chi connectivity index (χ4v) is 4.15. The second kappa shape index (κ2) is 5.70. The summed E-state index contributed by atoms with van der Waals surface area (Å²) in [6, 6.07) is 5.19. The van der Waals surface area contributed by atoms with Crippen molar-refractivity contribution in [3.8, 4) is 0 Å². The standard InChI is InChI=1S/C12H13BrN2O2S2/c1-8-3-4-10(13)5-11(8)19(16,17)14-6-12-15-9(2)7-18-12/h3-5,7,14H,6H2,1-2H3. The Bertz CT molecular complexity index is 696. The summed E-state index contributed by atoms with van der Waals surface area (Å²) in [6.45, 7) is 3.87. The van der Waals surface area contributed by atoms with Gasteiger partial charge in [0, 0.05) is 15.5 Å². The first-order chi connectivity index (χ1) is 8.88. The average Bonchev–Trinajstić information content (AvgIpc) is 2.76. The highest BCUT2D eigenvalue weighted by Gasteiger charge is 2.17. The van der Waals surface area contributed by atoms with E-state index < -0.39 is 10.0 Å². The molecule has 1 N–H and O–H groups in total. The second-order valence-electron chi connectivity index (χ2n) is 4.12. The van der Waals surface area contributed by atoms with E-state index >= 15 is 0 Å². The Morgan fingerprint density at radius 1 is 1.37 bits per heavy atom. The van der Waals surface area contributed by atoms with Crippen LogP contribution in [0.25, 0.3) is 0 Å². The Kier molecular flexibility index (Phi) is 4.39. The van der Waals surface area contributed by atoms with Gasteiger partial charge < -0.3 is 0 Å². The molecule has 0 saturated heterocycles. The van der Waals surface area contributed by atoms with Gasteiger partial charge in [0.15, 0.2) is 0 Å². The first-order valence-corrected chi connectivity index (χ1v) is 8.71. The van der Waals surface area contributed by atoms with E-state index in [9.17, 15) is 8.42 Å². The first-order valence-electron chi connectivity index (χ1n) is 5.55. The molecule has 0 aliphatic carbocycles. The van der Waals surface area contributed by atoms with Gasteiger partial charge in [-0.3, -0.25) is 0 Å².